The Morgan fingerprint density at radius 2 is 2.28 bits per heavy atom. The average molecular weight is 251 g/mol. The van der Waals surface area contributed by atoms with Gasteiger partial charge < -0.3 is 10.0 Å². The summed E-state index contributed by atoms with van der Waals surface area (Å²) in [5.74, 6) is 0.0985. The first-order valence-corrected chi connectivity index (χ1v) is 6.54. The lowest BCUT2D eigenvalue weighted by atomic mass is 10.0. The molecule has 5 nitrogen and oxygen atoms in total. The third-order valence-corrected chi connectivity index (χ3v) is 3.77. The maximum Gasteiger partial charge on any atom is 0.227 e. The molecule has 18 heavy (non-hydrogen) atoms. The molecule has 1 atom stereocenters. The fraction of sp³-hybridized carbons (Fsp3) is 0.692. The molecule has 2 N–H and O–H groups in total. The van der Waals surface area contributed by atoms with Gasteiger partial charge in [-0.25, -0.2) is 0 Å². The standard InChI is InChI=1S/C13H21N3O2/c1-9-12(10(2)15-14-9)7-13(18)16-6-4-3-5-11(16)8-17/h11,17H,3-8H2,1-2H3,(H,14,15). The molecule has 1 saturated heterocycles. The molecular weight excluding hydrogens is 230 g/mol. The largest absolute Gasteiger partial charge is 0.394 e. The number of aromatic amines is 1. The number of likely N-dealkylation sites (tertiary alicyclic amines) is 1. The number of aryl methyl sites for hydroxylation is 2. The molecule has 0 saturated carbocycles. The maximum atomic E-state index is 12.3. The van der Waals surface area contributed by atoms with E-state index in [1.54, 1.807) is 0 Å². The minimum Gasteiger partial charge on any atom is -0.394 e. The summed E-state index contributed by atoms with van der Waals surface area (Å²) in [5.41, 5.74) is 2.83. The third kappa shape index (κ3) is 2.56. The molecule has 1 unspecified atom stereocenters. The van der Waals surface area contributed by atoms with Gasteiger partial charge in [-0.3, -0.25) is 9.89 Å². The van der Waals surface area contributed by atoms with Gasteiger partial charge in [0.25, 0.3) is 0 Å². The number of H-pyrrole nitrogens is 1. The summed E-state index contributed by atoms with van der Waals surface area (Å²) in [7, 11) is 0. The normalized spacial score (nSPS) is 20.2. The average Bonchev–Trinajstić information content (AvgIpc) is 2.70. The molecule has 1 aliphatic heterocycles. The van der Waals surface area contributed by atoms with Gasteiger partial charge in [-0.1, -0.05) is 0 Å². The summed E-state index contributed by atoms with van der Waals surface area (Å²) < 4.78 is 0. The van der Waals surface area contributed by atoms with Crippen LogP contribution in [0.4, 0.5) is 0 Å². The van der Waals surface area contributed by atoms with Gasteiger partial charge in [-0.2, -0.15) is 5.10 Å². The molecule has 1 aromatic heterocycles. The van der Waals surface area contributed by atoms with Crippen LogP contribution in [-0.2, 0) is 11.2 Å². The van der Waals surface area contributed by atoms with E-state index >= 15 is 0 Å². The minimum absolute atomic E-state index is 0.00115. The van der Waals surface area contributed by atoms with E-state index in [2.05, 4.69) is 10.2 Å². The van der Waals surface area contributed by atoms with Crippen molar-refractivity contribution in [2.45, 2.75) is 45.6 Å². The topological polar surface area (TPSA) is 69.2 Å². The highest BCUT2D eigenvalue weighted by Gasteiger charge is 2.26. The molecule has 2 heterocycles. The summed E-state index contributed by atoms with van der Waals surface area (Å²) in [5, 5.41) is 16.3. The van der Waals surface area contributed by atoms with Crippen LogP contribution >= 0.6 is 0 Å². The van der Waals surface area contributed by atoms with E-state index in [0.717, 1.165) is 42.8 Å². The van der Waals surface area contributed by atoms with Crippen molar-refractivity contribution in [3.63, 3.8) is 0 Å². The molecule has 0 aliphatic carbocycles. The monoisotopic (exact) mass is 251 g/mol. The lowest BCUT2D eigenvalue weighted by molar-refractivity contribution is -0.135. The number of carbonyl (C=O) groups is 1. The van der Waals surface area contributed by atoms with Crippen LogP contribution in [0.3, 0.4) is 0 Å². The van der Waals surface area contributed by atoms with Crippen LogP contribution in [0.5, 0.6) is 0 Å². The number of carbonyl (C=O) groups excluding carboxylic acids is 1. The molecule has 1 aliphatic rings. The Bertz CT molecular complexity index is 408. The van der Waals surface area contributed by atoms with E-state index in [9.17, 15) is 9.90 Å². The number of hydrogen-bond donors (Lipinski definition) is 2. The Hall–Kier alpha value is -1.36. The Morgan fingerprint density at radius 3 is 2.89 bits per heavy atom. The molecule has 0 aromatic carbocycles. The molecule has 1 amide bonds. The molecule has 0 radical (unpaired) electrons. The number of piperidine rings is 1. The third-order valence-electron chi connectivity index (χ3n) is 3.77. The quantitative estimate of drug-likeness (QED) is 0.840. The summed E-state index contributed by atoms with van der Waals surface area (Å²) in [6.45, 7) is 4.67. The van der Waals surface area contributed by atoms with Crippen LogP contribution in [0.15, 0.2) is 0 Å². The van der Waals surface area contributed by atoms with E-state index in [-0.39, 0.29) is 18.6 Å². The lowest BCUT2D eigenvalue weighted by Gasteiger charge is -2.34. The summed E-state index contributed by atoms with van der Waals surface area (Å²) in [4.78, 5) is 14.1. The van der Waals surface area contributed by atoms with Gasteiger partial charge in [0, 0.05) is 17.8 Å². The predicted molar refractivity (Wildman–Crippen MR) is 68.2 cm³/mol. The summed E-state index contributed by atoms with van der Waals surface area (Å²) >= 11 is 0. The summed E-state index contributed by atoms with van der Waals surface area (Å²) in [6, 6.07) is -0.00115. The van der Waals surface area contributed by atoms with Gasteiger partial charge in [-0.05, 0) is 33.1 Å². The summed E-state index contributed by atoms with van der Waals surface area (Å²) in [6.07, 6.45) is 3.42. The maximum absolute atomic E-state index is 12.3. The van der Waals surface area contributed by atoms with Crippen molar-refractivity contribution >= 4 is 5.91 Å². The van der Waals surface area contributed by atoms with Gasteiger partial charge in [-0.15, -0.1) is 0 Å². The molecule has 100 valence electrons. The van der Waals surface area contributed by atoms with Crippen molar-refractivity contribution in [2.24, 2.45) is 0 Å². The van der Waals surface area contributed by atoms with Crippen molar-refractivity contribution in [1.29, 1.82) is 0 Å². The van der Waals surface area contributed by atoms with Crippen LogP contribution in [0.1, 0.15) is 36.2 Å². The van der Waals surface area contributed by atoms with Crippen molar-refractivity contribution in [3.8, 4) is 0 Å². The first kappa shape index (κ1) is 13.1. The smallest absolute Gasteiger partial charge is 0.227 e. The van der Waals surface area contributed by atoms with Crippen molar-refractivity contribution in [3.05, 3.63) is 17.0 Å². The number of nitrogens with one attached hydrogen (secondary N) is 1. The van der Waals surface area contributed by atoms with Gasteiger partial charge in [0.15, 0.2) is 0 Å². The highest BCUT2D eigenvalue weighted by Crippen LogP contribution is 2.19. The van der Waals surface area contributed by atoms with Crippen LogP contribution in [-0.4, -0.2) is 45.3 Å². The Kier molecular flexibility index (Phi) is 4.01. The Balaban J connectivity index is 2.07. The van der Waals surface area contributed by atoms with E-state index in [1.807, 2.05) is 18.7 Å². The van der Waals surface area contributed by atoms with Gasteiger partial charge in [0.1, 0.15) is 0 Å². The van der Waals surface area contributed by atoms with E-state index in [0.29, 0.717) is 6.42 Å². The molecule has 2 rings (SSSR count). The molecule has 0 spiro atoms. The fourth-order valence-electron chi connectivity index (χ4n) is 2.61. The number of amides is 1. The zero-order chi connectivity index (χ0) is 13.1. The number of aliphatic hydroxyl groups excluding tert-OH is 1. The van der Waals surface area contributed by atoms with Crippen molar-refractivity contribution < 1.29 is 9.90 Å². The molecule has 1 fully saturated rings. The predicted octanol–water partition coefficient (Wildman–Crippen LogP) is 0.942. The molecule has 1 aromatic rings. The van der Waals surface area contributed by atoms with Crippen LogP contribution in [0, 0.1) is 13.8 Å². The van der Waals surface area contributed by atoms with E-state index in [1.165, 1.54) is 0 Å². The van der Waals surface area contributed by atoms with Crippen LogP contribution < -0.4 is 0 Å². The first-order chi connectivity index (χ1) is 8.63. The van der Waals surface area contributed by atoms with Crippen LogP contribution in [0.2, 0.25) is 0 Å². The SMILES string of the molecule is Cc1n[nH]c(C)c1CC(=O)N1CCCCC1CO. The first-order valence-electron chi connectivity index (χ1n) is 6.54. The molecule has 0 bridgehead atoms. The fourth-order valence-corrected chi connectivity index (χ4v) is 2.61. The highest BCUT2D eigenvalue weighted by molar-refractivity contribution is 5.79. The Labute approximate surface area is 107 Å². The second-order valence-corrected chi connectivity index (χ2v) is 5.01. The van der Waals surface area contributed by atoms with E-state index in [4.69, 9.17) is 0 Å². The molecule has 5 heteroatoms. The minimum atomic E-state index is -0.00115. The zero-order valence-corrected chi connectivity index (χ0v) is 11.1. The highest BCUT2D eigenvalue weighted by atomic mass is 16.3. The number of rotatable bonds is 3. The lowest BCUT2D eigenvalue weighted by Crippen LogP contribution is -2.46. The van der Waals surface area contributed by atoms with E-state index < -0.39 is 0 Å². The second-order valence-electron chi connectivity index (χ2n) is 5.01. The zero-order valence-electron chi connectivity index (χ0n) is 11.1. The number of nitrogens with zero attached hydrogens (tertiary/aromatic N) is 2. The van der Waals surface area contributed by atoms with Gasteiger partial charge >= 0.3 is 0 Å². The second kappa shape index (κ2) is 5.52. The van der Waals surface area contributed by atoms with Crippen molar-refractivity contribution in [1.82, 2.24) is 15.1 Å². The van der Waals surface area contributed by atoms with Gasteiger partial charge in [0.05, 0.1) is 24.8 Å². The van der Waals surface area contributed by atoms with Crippen molar-refractivity contribution in [2.75, 3.05) is 13.2 Å². The number of aromatic nitrogens is 2. The number of hydrogen-bond acceptors (Lipinski definition) is 3. The molecular formula is C13H21N3O2. The van der Waals surface area contributed by atoms with Gasteiger partial charge in [0.2, 0.25) is 5.91 Å². The Morgan fingerprint density at radius 1 is 1.50 bits per heavy atom. The number of aliphatic hydroxyl groups is 1. The van der Waals surface area contributed by atoms with Crippen LogP contribution in [0.25, 0.3) is 0 Å².